The lowest BCUT2D eigenvalue weighted by atomic mass is 10.2. The highest BCUT2D eigenvalue weighted by Gasteiger charge is 2.21. The monoisotopic (exact) mass is 523 g/mol. The van der Waals surface area contributed by atoms with Crippen LogP contribution in [0.2, 0.25) is 0 Å². The van der Waals surface area contributed by atoms with E-state index in [1.54, 1.807) is 0 Å². The van der Waals surface area contributed by atoms with Crippen LogP contribution in [0.5, 0.6) is 5.75 Å². The third-order valence-electron chi connectivity index (χ3n) is 4.18. The molecule has 2 aromatic carbocycles. The van der Waals surface area contributed by atoms with E-state index in [4.69, 9.17) is 9.29 Å². The molecule has 0 amide bonds. The second kappa shape index (κ2) is 10.1. The van der Waals surface area contributed by atoms with Crippen LogP contribution in [0.25, 0.3) is 0 Å². The molecule has 0 aliphatic rings. The number of nitrogens with zero attached hydrogens (tertiary/aromatic N) is 2. The summed E-state index contributed by atoms with van der Waals surface area (Å²) >= 11 is 0. The first-order chi connectivity index (χ1) is 15.2. The number of methoxy groups -OCH3 is 1. The highest BCUT2D eigenvalue weighted by Crippen LogP contribution is 2.35. The summed E-state index contributed by atoms with van der Waals surface area (Å²) in [4.78, 5) is -0.581. The number of aryl methyl sites for hydroxylation is 1. The van der Waals surface area contributed by atoms with Gasteiger partial charge in [0.15, 0.2) is 9.84 Å². The Labute approximate surface area is 191 Å². The molecule has 2 rings (SSSR count). The standard InChI is InChI=1S/C17H21N3O10S3/c1-11-8-14(20-19-12-4-5-13(18-2)17(9-12)32(23,24)25)15(29-3)10-16(11)31(21,22)7-6-30-33(26,27)28/h4-5,8-10,18H,6-7H2,1-3H3,(H,23,24,25)(H,26,27,28). The quantitative estimate of drug-likeness (QED) is 0.305. The fourth-order valence-electron chi connectivity index (χ4n) is 2.69. The first kappa shape index (κ1) is 26.6. The summed E-state index contributed by atoms with van der Waals surface area (Å²) in [6.45, 7) is 0.677. The van der Waals surface area contributed by atoms with Gasteiger partial charge in [0.05, 0.1) is 35.7 Å². The Balaban J connectivity index is 2.40. The highest BCUT2D eigenvalue weighted by molar-refractivity contribution is 7.91. The van der Waals surface area contributed by atoms with E-state index in [1.165, 1.54) is 45.3 Å². The zero-order chi connectivity index (χ0) is 25.0. The van der Waals surface area contributed by atoms with Crippen LogP contribution in [-0.4, -0.2) is 60.9 Å². The normalized spacial score (nSPS) is 12.8. The van der Waals surface area contributed by atoms with Crippen molar-refractivity contribution < 1.29 is 43.3 Å². The van der Waals surface area contributed by atoms with Gasteiger partial charge in [0.2, 0.25) is 0 Å². The summed E-state index contributed by atoms with van der Waals surface area (Å²) < 4.78 is 96.6. The molecule has 0 saturated heterocycles. The smallest absolute Gasteiger partial charge is 0.397 e. The van der Waals surface area contributed by atoms with Crippen LogP contribution < -0.4 is 10.1 Å². The fourth-order valence-corrected chi connectivity index (χ4v) is 5.17. The Hall–Kier alpha value is -2.63. The lowest BCUT2D eigenvalue weighted by molar-refractivity contribution is 0.284. The van der Waals surface area contributed by atoms with E-state index in [1.807, 2.05) is 0 Å². The lowest BCUT2D eigenvalue weighted by Gasteiger charge is -2.11. The molecule has 0 bridgehead atoms. The summed E-state index contributed by atoms with van der Waals surface area (Å²) in [7, 11) is -10.6. The van der Waals surface area contributed by atoms with Crippen molar-refractivity contribution in [2.24, 2.45) is 10.2 Å². The maximum Gasteiger partial charge on any atom is 0.397 e. The number of sulfone groups is 1. The number of nitrogens with one attached hydrogen (secondary N) is 1. The molecule has 33 heavy (non-hydrogen) atoms. The van der Waals surface area contributed by atoms with Crippen LogP contribution in [0.1, 0.15) is 5.56 Å². The van der Waals surface area contributed by atoms with Gasteiger partial charge in [0.1, 0.15) is 16.3 Å². The second-order valence-corrected chi connectivity index (χ2v) is 11.0. The van der Waals surface area contributed by atoms with E-state index in [9.17, 15) is 29.8 Å². The fraction of sp³-hybridized carbons (Fsp3) is 0.294. The van der Waals surface area contributed by atoms with E-state index >= 15 is 0 Å². The molecule has 182 valence electrons. The van der Waals surface area contributed by atoms with Crippen molar-refractivity contribution in [2.75, 3.05) is 31.8 Å². The van der Waals surface area contributed by atoms with E-state index < -0.39 is 47.6 Å². The zero-order valence-electron chi connectivity index (χ0n) is 17.6. The predicted octanol–water partition coefficient (Wildman–Crippen LogP) is 2.30. The molecule has 0 atom stereocenters. The lowest BCUT2D eigenvalue weighted by Crippen LogP contribution is -2.16. The number of hydrogen-bond acceptors (Lipinski definition) is 11. The molecule has 16 heteroatoms. The summed E-state index contributed by atoms with van der Waals surface area (Å²) in [5.41, 5.74) is 0.591. The number of azo groups is 1. The minimum atomic E-state index is -4.78. The van der Waals surface area contributed by atoms with Crippen LogP contribution >= 0.6 is 0 Å². The first-order valence-corrected chi connectivity index (χ1v) is 13.4. The molecular weight excluding hydrogens is 502 g/mol. The topological polar surface area (TPSA) is 198 Å². The minimum absolute atomic E-state index is 0.0143. The molecule has 0 radical (unpaired) electrons. The van der Waals surface area contributed by atoms with Crippen LogP contribution in [0.15, 0.2) is 50.4 Å². The predicted molar refractivity (Wildman–Crippen MR) is 117 cm³/mol. The van der Waals surface area contributed by atoms with Gasteiger partial charge in [-0.25, -0.2) is 12.6 Å². The van der Waals surface area contributed by atoms with Crippen molar-refractivity contribution in [3.63, 3.8) is 0 Å². The van der Waals surface area contributed by atoms with Gasteiger partial charge < -0.3 is 10.1 Å². The second-order valence-electron chi connectivity index (χ2n) is 6.46. The van der Waals surface area contributed by atoms with E-state index in [0.29, 0.717) is 0 Å². The van der Waals surface area contributed by atoms with Crippen molar-refractivity contribution in [3.8, 4) is 5.75 Å². The van der Waals surface area contributed by atoms with E-state index in [2.05, 4.69) is 19.7 Å². The van der Waals surface area contributed by atoms with Gasteiger partial charge in [0, 0.05) is 13.1 Å². The average Bonchev–Trinajstić information content (AvgIpc) is 2.70. The molecule has 0 unspecified atom stereocenters. The third kappa shape index (κ3) is 7.18. The Morgan fingerprint density at radius 2 is 1.64 bits per heavy atom. The van der Waals surface area contributed by atoms with Crippen molar-refractivity contribution in [1.82, 2.24) is 0 Å². The molecule has 0 spiro atoms. The Bertz CT molecular complexity index is 1390. The van der Waals surface area contributed by atoms with Crippen molar-refractivity contribution >= 4 is 47.4 Å². The molecule has 2 aromatic rings. The minimum Gasteiger partial charge on any atom is -0.494 e. The largest absolute Gasteiger partial charge is 0.494 e. The number of rotatable bonds is 10. The van der Waals surface area contributed by atoms with Crippen LogP contribution in [-0.2, 0) is 34.5 Å². The Morgan fingerprint density at radius 1 is 0.970 bits per heavy atom. The maximum absolute atomic E-state index is 12.5. The van der Waals surface area contributed by atoms with Gasteiger partial charge in [0.25, 0.3) is 10.1 Å². The maximum atomic E-state index is 12.5. The van der Waals surface area contributed by atoms with Crippen molar-refractivity contribution in [2.45, 2.75) is 16.7 Å². The Kier molecular flexibility index (Phi) is 8.15. The Morgan fingerprint density at radius 3 is 2.18 bits per heavy atom. The number of ether oxygens (including phenoxy) is 1. The molecule has 0 saturated carbocycles. The summed E-state index contributed by atoms with van der Waals surface area (Å²) in [5, 5.41) is 10.5. The number of anilines is 1. The summed E-state index contributed by atoms with van der Waals surface area (Å²) in [5.74, 6) is -0.714. The molecule has 0 aliphatic heterocycles. The summed E-state index contributed by atoms with van der Waals surface area (Å²) in [6.07, 6.45) is 0. The van der Waals surface area contributed by atoms with Gasteiger partial charge >= 0.3 is 10.4 Å². The van der Waals surface area contributed by atoms with Crippen LogP contribution in [0.4, 0.5) is 17.1 Å². The first-order valence-electron chi connectivity index (χ1n) is 8.92. The average molecular weight is 524 g/mol. The number of hydrogen-bond donors (Lipinski definition) is 3. The van der Waals surface area contributed by atoms with E-state index in [0.717, 1.165) is 6.07 Å². The SMILES string of the molecule is CNc1ccc(N=Nc2cc(C)c(S(=O)(=O)CCOS(=O)(=O)O)cc2OC)cc1S(=O)(=O)O. The zero-order valence-corrected chi connectivity index (χ0v) is 20.0. The van der Waals surface area contributed by atoms with Crippen molar-refractivity contribution in [3.05, 3.63) is 35.9 Å². The number of benzene rings is 2. The van der Waals surface area contributed by atoms with Crippen LogP contribution in [0, 0.1) is 6.92 Å². The molecule has 0 aromatic heterocycles. The van der Waals surface area contributed by atoms with E-state index in [-0.39, 0.29) is 33.3 Å². The van der Waals surface area contributed by atoms with Crippen LogP contribution in [0.3, 0.4) is 0 Å². The van der Waals surface area contributed by atoms with Gasteiger partial charge in [-0.1, -0.05) is 0 Å². The third-order valence-corrected chi connectivity index (χ3v) is 7.35. The molecule has 0 heterocycles. The van der Waals surface area contributed by atoms with Gasteiger partial charge in [-0.3, -0.25) is 9.11 Å². The molecule has 3 N–H and O–H groups in total. The van der Waals surface area contributed by atoms with Gasteiger partial charge in [-0.05, 0) is 36.8 Å². The van der Waals surface area contributed by atoms with Gasteiger partial charge in [-0.2, -0.15) is 21.9 Å². The molecule has 0 aliphatic carbocycles. The highest BCUT2D eigenvalue weighted by atomic mass is 32.3. The summed E-state index contributed by atoms with van der Waals surface area (Å²) in [6, 6.07) is 6.43. The molecule has 0 fully saturated rings. The molecular formula is C17H21N3O10S3. The molecule has 13 nitrogen and oxygen atoms in total. The van der Waals surface area contributed by atoms with Gasteiger partial charge in [-0.15, -0.1) is 5.11 Å². The van der Waals surface area contributed by atoms with Crippen molar-refractivity contribution in [1.29, 1.82) is 0 Å².